The molecule has 0 saturated heterocycles. The van der Waals surface area contributed by atoms with Crippen LogP contribution in [0.3, 0.4) is 0 Å². The van der Waals surface area contributed by atoms with Gasteiger partial charge in [-0.3, -0.25) is 19.7 Å². The highest BCUT2D eigenvalue weighted by molar-refractivity contribution is 7.17. The highest BCUT2D eigenvalue weighted by Crippen LogP contribution is 2.23. The molecule has 0 aliphatic rings. The highest BCUT2D eigenvalue weighted by Gasteiger charge is 2.14. The maximum Gasteiger partial charge on any atom is 0.324 e. The Labute approximate surface area is 119 Å². The third-order valence-electron chi connectivity index (χ3n) is 2.60. The van der Waals surface area contributed by atoms with E-state index in [1.807, 2.05) is 0 Å². The van der Waals surface area contributed by atoms with Crippen LogP contribution >= 0.6 is 11.3 Å². The van der Waals surface area contributed by atoms with Gasteiger partial charge in [-0.2, -0.15) is 0 Å². The first kappa shape index (κ1) is 16.1. The molecule has 20 heavy (non-hydrogen) atoms. The van der Waals surface area contributed by atoms with Gasteiger partial charge >= 0.3 is 11.0 Å². The lowest BCUT2D eigenvalue weighted by Crippen LogP contribution is -2.23. The third kappa shape index (κ3) is 5.79. The molecule has 0 radical (unpaired) electrons. The summed E-state index contributed by atoms with van der Waals surface area (Å²) in [6.07, 6.45) is 3.23. The smallest absolute Gasteiger partial charge is 0.324 e. The van der Waals surface area contributed by atoms with Crippen molar-refractivity contribution in [2.75, 3.05) is 6.54 Å². The van der Waals surface area contributed by atoms with Crippen LogP contribution in [0.1, 0.15) is 41.8 Å². The third-order valence-corrected chi connectivity index (χ3v) is 3.63. The van der Waals surface area contributed by atoms with E-state index < -0.39 is 10.9 Å². The molecule has 0 aromatic carbocycles. The van der Waals surface area contributed by atoms with Crippen LogP contribution in [0, 0.1) is 10.1 Å². The standard InChI is InChI=1S/C12H16N2O5S/c15-11(16)5-3-1-2-4-8-13-12(17)9-6-7-10(20-9)14(18)19/h6-7H,1-5,8H2,(H,13,17)(H,15,16). The fraction of sp³-hybridized carbons (Fsp3) is 0.500. The Morgan fingerprint density at radius 2 is 1.95 bits per heavy atom. The Morgan fingerprint density at radius 3 is 2.55 bits per heavy atom. The van der Waals surface area contributed by atoms with E-state index in [-0.39, 0.29) is 17.3 Å². The van der Waals surface area contributed by atoms with Crippen molar-refractivity contribution in [1.82, 2.24) is 5.32 Å². The second-order valence-electron chi connectivity index (χ2n) is 4.21. The maximum atomic E-state index is 11.7. The number of thiophene rings is 1. The lowest BCUT2D eigenvalue weighted by molar-refractivity contribution is -0.380. The zero-order valence-corrected chi connectivity index (χ0v) is 11.6. The number of unbranched alkanes of at least 4 members (excludes halogenated alkanes) is 3. The molecule has 1 aromatic rings. The summed E-state index contributed by atoms with van der Waals surface area (Å²) in [6, 6.07) is 2.75. The quantitative estimate of drug-likeness (QED) is 0.413. The predicted molar refractivity (Wildman–Crippen MR) is 74.0 cm³/mol. The first-order chi connectivity index (χ1) is 9.50. The fourth-order valence-corrected chi connectivity index (χ4v) is 2.33. The van der Waals surface area contributed by atoms with E-state index in [1.54, 1.807) is 0 Å². The predicted octanol–water partition coefficient (Wildman–Crippen LogP) is 2.42. The minimum Gasteiger partial charge on any atom is -0.481 e. The highest BCUT2D eigenvalue weighted by atomic mass is 32.1. The number of rotatable bonds is 9. The van der Waals surface area contributed by atoms with Crippen LogP contribution in [-0.4, -0.2) is 28.5 Å². The number of carbonyl (C=O) groups is 2. The van der Waals surface area contributed by atoms with Gasteiger partial charge in [0.25, 0.3) is 5.91 Å². The van der Waals surface area contributed by atoms with Crippen LogP contribution in [0.5, 0.6) is 0 Å². The van der Waals surface area contributed by atoms with Gasteiger partial charge < -0.3 is 10.4 Å². The molecule has 0 atom stereocenters. The van der Waals surface area contributed by atoms with Crippen molar-refractivity contribution in [2.45, 2.75) is 32.1 Å². The number of nitrogens with one attached hydrogen (secondary N) is 1. The minimum atomic E-state index is -0.794. The van der Waals surface area contributed by atoms with Crippen molar-refractivity contribution in [2.24, 2.45) is 0 Å². The van der Waals surface area contributed by atoms with Crippen molar-refractivity contribution in [1.29, 1.82) is 0 Å². The molecular weight excluding hydrogens is 284 g/mol. The van der Waals surface area contributed by atoms with Crippen molar-refractivity contribution in [3.05, 3.63) is 27.1 Å². The van der Waals surface area contributed by atoms with Gasteiger partial charge in [0, 0.05) is 19.0 Å². The summed E-state index contributed by atoms with van der Waals surface area (Å²) in [7, 11) is 0. The van der Waals surface area contributed by atoms with Crippen LogP contribution in [0.15, 0.2) is 12.1 Å². The van der Waals surface area contributed by atoms with Gasteiger partial charge in [0.1, 0.15) is 0 Å². The number of amides is 1. The molecule has 0 unspecified atom stereocenters. The molecule has 0 aliphatic carbocycles. The fourth-order valence-electron chi connectivity index (χ4n) is 1.59. The number of carboxylic acid groups (broad SMARTS) is 1. The Morgan fingerprint density at radius 1 is 1.25 bits per heavy atom. The first-order valence-electron chi connectivity index (χ1n) is 6.25. The van der Waals surface area contributed by atoms with Gasteiger partial charge in [0.05, 0.1) is 9.80 Å². The van der Waals surface area contributed by atoms with E-state index >= 15 is 0 Å². The minimum absolute atomic E-state index is 0.0520. The molecule has 7 nitrogen and oxygen atoms in total. The molecule has 0 spiro atoms. The molecule has 0 bridgehead atoms. The second kappa shape index (κ2) is 8.26. The molecule has 0 saturated carbocycles. The van der Waals surface area contributed by atoms with E-state index in [0.717, 1.165) is 30.6 Å². The molecule has 0 aliphatic heterocycles. The van der Waals surface area contributed by atoms with E-state index in [4.69, 9.17) is 5.11 Å². The monoisotopic (exact) mass is 300 g/mol. The lowest BCUT2D eigenvalue weighted by atomic mass is 10.1. The zero-order valence-electron chi connectivity index (χ0n) is 10.8. The summed E-state index contributed by atoms with van der Waals surface area (Å²) in [4.78, 5) is 32.2. The van der Waals surface area contributed by atoms with E-state index in [2.05, 4.69) is 5.32 Å². The number of hydrogen-bond donors (Lipinski definition) is 2. The summed E-state index contributed by atoms with van der Waals surface area (Å²) in [5.41, 5.74) is 0. The lowest BCUT2D eigenvalue weighted by Gasteiger charge is -2.03. The zero-order chi connectivity index (χ0) is 15.0. The van der Waals surface area contributed by atoms with Gasteiger partial charge in [-0.1, -0.05) is 24.2 Å². The average molecular weight is 300 g/mol. The Kier molecular flexibility index (Phi) is 6.65. The Bertz CT molecular complexity index is 486. The van der Waals surface area contributed by atoms with Gasteiger partial charge in [-0.05, 0) is 18.9 Å². The molecule has 110 valence electrons. The van der Waals surface area contributed by atoms with Crippen molar-refractivity contribution >= 4 is 28.2 Å². The Hall–Kier alpha value is -1.96. The summed E-state index contributed by atoms with van der Waals surface area (Å²) in [6.45, 7) is 0.484. The summed E-state index contributed by atoms with van der Waals surface area (Å²) >= 11 is 0.848. The SMILES string of the molecule is O=C(O)CCCCCCNC(=O)c1ccc([N+](=O)[O-])s1. The van der Waals surface area contributed by atoms with E-state index in [9.17, 15) is 19.7 Å². The van der Waals surface area contributed by atoms with Gasteiger partial charge in [0.15, 0.2) is 0 Å². The van der Waals surface area contributed by atoms with Crippen molar-refractivity contribution < 1.29 is 19.6 Å². The number of aliphatic carboxylic acids is 1. The molecule has 1 amide bonds. The topological polar surface area (TPSA) is 110 Å². The van der Waals surface area contributed by atoms with Gasteiger partial charge in [-0.25, -0.2) is 0 Å². The molecule has 1 aromatic heterocycles. The molecule has 8 heteroatoms. The summed E-state index contributed by atoms with van der Waals surface area (Å²) in [5.74, 6) is -1.11. The molecule has 1 rings (SSSR count). The molecular formula is C12H16N2O5S. The average Bonchev–Trinajstić information content (AvgIpc) is 2.86. The van der Waals surface area contributed by atoms with Crippen LogP contribution in [0.4, 0.5) is 5.00 Å². The van der Waals surface area contributed by atoms with E-state index in [1.165, 1.54) is 12.1 Å². The summed E-state index contributed by atoms with van der Waals surface area (Å²) in [5, 5.41) is 21.6. The van der Waals surface area contributed by atoms with Crippen LogP contribution in [0.25, 0.3) is 0 Å². The largest absolute Gasteiger partial charge is 0.481 e. The molecule has 0 fully saturated rings. The second-order valence-corrected chi connectivity index (χ2v) is 5.27. The van der Waals surface area contributed by atoms with Crippen molar-refractivity contribution in [3.63, 3.8) is 0 Å². The van der Waals surface area contributed by atoms with Gasteiger partial charge in [-0.15, -0.1) is 0 Å². The Balaban J connectivity index is 2.16. The maximum absolute atomic E-state index is 11.7. The number of hydrogen-bond acceptors (Lipinski definition) is 5. The number of carbonyl (C=O) groups excluding carboxylic acids is 1. The van der Waals surface area contributed by atoms with Crippen LogP contribution in [0.2, 0.25) is 0 Å². The molecule has 2 N–H and O–H groups in total. The summed E-state index contributed by atoms with van der Waals surface area (Å²) < 4.78 is 0. The van der Waals surface area contributed by atoms with E-state index in [0.29, 0.717) is 17.8 Å². The van der Waals surface area contributed by atoms with Crippen LogP contribution < -0.4 is 5.32 Å². The van der Waals surface area contributed by atoms with Crippen LogP contribution in [-0.2, 0) is 4.79 Å². The number of nitro groups is 1. The molecule has 1 heterocycles. The van der Waals surface area contributed by atoms with Gasteiger partial charge in [0.2, 0.25) is 0 Å². The number of nitrogens with zero attached hydrogens (tertiary/aromatic N) is 1. The normalized spacial score (nSPS) is 10.2. The van der Waals surface area contributed by atoms with Crippen molar-refractivity contribution in [3.8, 4) is 0 Å². The number of carboxylic acids is 1. The first-order valence-corrected chi connectivity index (χ1v) is 7.06.